The van der Waals surface area contributed by atoms with Gasteiger partial charge in [-0.15, -0.1) is 9.29 Å². The van der Waals surface area contributed by atoms with Gasteiger partial charge in [-0.3, -0.25) is 0 Å². The smallest absolute Gasteiger partial charge is 0.397 e. The third-order valence-electron chi connectivity index (χ3n) is 4.61. The molecule has 0 radical (unpaired) electrons. The summed E-state index contributed by atoms with van der Waals surface area (Å²) in [6, 6.07) is -21.7. The number of rotatable bonds is 8. The van der Waals surface area contributed by atoms with Gasteiger partial charge < -0.3 is 19.7 Å². The van der Waals surface area contributed by atoms with E-state index in [0.29, 0.717) is 13.0 Å². The van der Waals surface area contributed by atoms with Crippen molar-refractivity contribution < 1.29 is 89.4 Å². The number of carbonyl (C=O) groups is 2. The number of carboxylic acids is 1. The van der Waals surface area contributed by atoms with E-state index in [0.717, 1.165) is 0 Å². The fraction of sp³-hybridized carbons (Fsp3) is 0.875. The van der Waals surface area contributed by atoms with Gasteiger partial charge >= 0.3 is 48.2 Å². The highest BCUT2D eigenvalue weighted by atomic mass is 19.4. The van der Waals surface area contributed by atoms with E-state index in [9.17, 15) is 84.9 Å². The minimum Gasteiger partial charge on any atom is -0.544 e. The maximum absolute atomic E-state index is 13.1. The molecule has 0 atom stereocenters. The lowest BCUT2D eigenvalue weighted by Crippen LogP contribution is -2.84. The summed E-state index contributed by atoms with van der Waals surface area (Å²) in [5.41, 5.74) is 0. The van der Waals surface area contributed by atoms with Crippen molar-refractivity contribution in [2.45, 2.75) is 54.9 Å². The van der Waals surface area contributed by atoms with Crippen molar-refractivity contribution in [3.8, 4) is 0 Å². The van der Waals surface area contributed by atoms with Gasteiger partial charge in [0.1, 0.15) is 13.0 Å². The molecule has 1 amide bonds. The Morgan fingerprint density at radius 3 is 1.53 bits per heavy atom. The van der Waals surface area contributed by atoms with Crippen molar-refractivity contribution in [1.29, 1.82) is 0 Å². The molecule has 226 valence electrons. The van der Waals surface area contributed by atoms with Gasteiger partial charge in [-0.1, -0.05) is 0 Å². The van der Waals surface area contributed by atoms with Crippen LogP contribution in [0, 0.1) is 0 Å². The Balaban J connectivity index is 0.000000835. The van der Waals surface area contributed by atoms with Crippen molar-refractivity contribution in [3.63, 3.8) is 0 Å². The Morgan fingerprint density at radius 2 is 1.21 bits per heavy atom. The molecule has 0 aliphatic carbocycles. The Morgan fingerprint density at radius 1 is 0.816 bits per heavy atom. The predicted molar refractivity (Wildman–Crippen MR) is 88.2 cm³/mol. The van der Waals surface area contributed by atoms with E-state index < -0.39 is 65.5 Å². The first-order chi connectivity index (χ1) is 16.4. The summed E-state index contributed by atoms with van der Waals surface area (Å²) in [6.45, 7) is 0.655. The molecule has 0 spiro atoms. The van der Waals surface area contributed by atoms with Crippen LogP contribution in [-0.4, -0.2) is 97.3 Å². The van der Waals surface area contributed by atoms with Crippen molar-refractivity contribution in [2.24, 2.45) is 0 Å². The first kappa shape index (κ1) is 35.7. The van der Waals surface area contributed by atoms with E-state index in [4.69, 9.17) is 0 Å². The highest BCUT2D eigenvalue weighted by molar-refractivity contribution is 5.65. The number of carboxylic acid groups (broad SMARTS) is 1. The Labute approximate surface area is 201 Å². The number of nitrogens with zero attached hydrogens (tertiary/aromatic N) is 2. The molecule has 0 aromatic carbocycles. The monoisotopic (exact) mass is 603 g/mol. The Hall–Kier alpha value is -2.26. The topological polar surface area (TPSA) is 72.5 Å². The molecule has 1 fully saturated rings. The van der Waals surface area contributed by atoms with Gasteiger partial charge in [0.05, 0.1) is 26.6 Å². The van der Waals surface area contributed by atoms with E-state index in [1.807, 2.05) is 5.32 Å². The Kier molecular flexibility index (Phi) is 10.1. The van der Waals surface area contributed by atoms with Crippen molar-refractivity contribution in [1.82, 2.24) is 10.2 Å². The fourth-order valence-corrected chi connectivity index (χ4v) is 2.89. The summed E-state index contributed by atoms with van der Waals surface area (Å²) in [6.07, 6.45) is -11.3. The Bertz CT molecular complexity index is 829. The summed E-state index contributed by atoms with van der Waals surface area (Å²) >= 11 is 0. The zero-order chi connectivity index (χ0) is 31.0. The molecule has 0 aromatic heterocycles. The first-order valence-corrected chi connectivity index (χ1v) is 9.50. The quantitative estimate of drug-likeness (QED) is 0.151. The summed E-state index contributed by atoms with van der Waals surface area (Å²) in [5, 5.41) is 12.3. The van der Waals surface area contributed by atoms with Gasteiger partial charge in [0.15, 0.2) is 0 Å². The molecule has 0 aromatic rings. The molecule has 0 saturated carbocycles. The zero-order valence-corrected chi connectivity index (χ0v) is 18.7. The van der Waals surface area contributed by atoms with Gasteiger partial charge in [-0.05, 0) is 0 Å². The lowest BCUT2D eigenvalue weighted by atomic mass is 9.92. The average molecular weight is 603 g/mol. The van der Waals surface area contributed by atoms with Gasteiger partial charge in [0, 0.05) is 13.0 Å². The third-order valence-corrected chi connectivity index (χ3v) is 4.61. The number of piperidine rings is 1. The second kappa shape index (κ2) is 10.7. The largest absolute Gasteiger partial charge is 0.544 e. The lowest BCUT2D eigenvalue weighted by molar-refractivity contribution is -0.884. The standard InChI is InChI=1S/C8H2F15N.C8H15FN2O3/c9-2(10,11)1-3(12,13)24-7(20,21)5(16,17)4(14,15)6(18,19)8(24,22)23;1-11(2,6-7(12)13)5-3-4-10-8(9)14/h1H2;3-6H2,1-2H3,(H-,10,12,13,14). The van der Waals surface area contributed by atoms with Crippen LogP contribution in [0.4, 0.5) is 75.0 Å². The first-order valence-electron chi connectivity index (χ1n) is 9.50. The third kappa shape index (κ3) is 7.23. The summed E-state index contributed by atoms with van der Waals surface area (Å²) in [5.74, 6) is -23.8. The van der Waals surface area contributed by atoms with E-state index in [-0.39, 0.29) is 17.6 Å². The number of halogens is 16. The summed E-state index contributed by atoms with van der Waals surface area (Å²) in [7, 11) is 3.46. The van der Waals surface area contributed by atoms with Crippen molar-refractivity contribution in [2.75, 3.05) is 33.7 Å². The normalized spacial score (nSPS) is 22.2. The second-order valence-electron chi connectivity index (χ2n) is 8.34. The molecule has 0 unspecified atom stereocenters. The number of likely N-dealkylation sites (N-methyl/N-ethyl adjacent to an activating group) is 1. The molecule has 6 nitrogen and oxygen atoms in total. The van der Waals surface area contributed by atoms with Gasteiger partial charge in [-0.25, -0.2) is 4.79 Å². The van der Waals surface area contributed by atoms with Crippen LogP contribution in [0.2, 0.25) is 0 Å². The van der Waals surface area contributed by atoms with Gasteiger partial charge in [0.25, 0.3) is 0 Å². The SMILES string of the molecule is C[N+](C)(CCCNC(=O)F)CC(=O)[O-].FC(F)(F)CC(F)(F)N1C(F)(F)C(F)(F)C(F)(F)C(F)(F)C1(F)F. The number of hydrogen-bond donors (Lipinski definition) is 1. The number of aliphatic carboxylic acids is 1. The second-order valence-corrected chi connectivity index (χ2v) is 8.34. The van der Waals surface area contributed by atoms with Crippen LogP contribution >= 0.6 is 0 Å². The number of carbonyl (C=O) groups excluding carboxylic acids is 2. The van der Waals surface area contributed by atoms with E-state index in [1.165, 1.54) is 0 Å². The number of alkyl halides is 15. The maximum Gasteiger partial charge on any atom is 0.397 e. The van der Waals surface area contributed by atoms with Crippen molar-refractivity contribution >= 4 is 12.1 Å². The molecule has 1 aliphatic rings. The van der Waals surface area contributed by atoms with Crippen LogP contribution in [0.5, 0.6) is 0 Å². The molecule has 0 bridgehead atoms. The molecular weight excluding hydrogens is 586 g/mol. The molecule has 1 rings (SSSR count). The van der Waals surface area contributed by atoms with Crippen molar-refractivity contribution in [3.05, 3.63) is 0 Å². The van der Waals surface area contributed by atoms with Crippen LogP contribution in [0.1, 0.15) is 12.8 Å². The number of nitrogens with one attached hydrogen (secondary N) is 1. The van der Waals surface area contributed by atoms with Crippen LogP contribution in [0.25, 0.3) is 0 Å². The maximum atomic E-state index is 13.1. The highest BCUT2D eigenvalue weighted by Crippen LogP contribution is 2.66. The van der Waals surface area contributed by atoms with E-state index in [1.54, 1.807) is 14.1 Å². The lowest BCUT2D eigenvalue weighted by Gasteiger charge is -2.52. The number of quaternary nitrogens is 1. The summed E-state index contributed by atoms with van der Waals surface area (Å²) < 4.78 is 203. The van der Waals surface area contributed by atoms with Crippen LogP contribution in [0.15, 0.2) is 0 Å². The molecule has 38 heavy (non-hydrogen) atoms. The number of hydrogen-bond acceptors (Lipinski definition) is 4. The molecule has 22 heteroatoms. The minimum atomic E-state index is -7.56. The molecule has 1 heterocycles. The van der Waals surface area contributed by atoms with Crippen LogP contribution in [0.3, 0.4) is 0 Å². The summed E-state index contributed by atoms with van der Waals surface area (Å²) in [4.78, 5) is 16.3. The van der Waals surface area contributed by atoms with Crippen LogP contribution in [-0.2, 0) is 4.79 Å². The van der Waals surface area contributed by atoms with Crippen LogP contribution < -0.4 is 10.4 Å². The molecule has 1 N–H and O–H groups in total. The molecule has 1 aliphatic heterocycles. The average Bonchev–Trinajstić information content (AvgIpc) is 2.60. The number of amides is 1. The highest BCUT2D eigenvalue weighted by Gasteiger charge is 2.97. The zero-order valence-electron chi connectivity index (χ0n) is 18.7. The van der Waals surface area contributed by atoms with Gasteiger partial charge in [-0.2, -0.15) is 65.9 Å². The van der Waals surface area contributed by atoms with E-state index >= 15 is 0 Å². The molecule has 1 saturated heterocycles. The number of likely N-dealkylation sites (tertiary alicyclic amines) is 1. The minimum absolute atomic E-state index is 0.0937. The van der Waals surface area contributed by atoms with E-state index in [2.05, 4.69) is 0 Å². The predicted octanol–water partition coefficient (Wildman–Crippen LogP) is 3.82. The fourth-order valence-electron chi connectivity index (χ4n) is 2.89. The van der Waals surface area contributed by atoms with Gasteiger partial charge in [0.2, 0.25) is 0 Å². The molecular formula is C16H17F16N3O3.